The van der Waals surface area contributed by atoms with Gasteiger partial charge in [0.1, 0.15) is 23.2 Å². The summed E-state index contributed by atoms with van der Waals surface area (Å²) >= 11 is 0. The molecule has 3 N–H and O–H groups in total. The summed E-state index contributed by atoms with van der Waals surface area (Å²) in [7, 11) is 0. The fourth-order valence-electron chi connectivity index (χ4n) is 2.70. The molecule has 2 rings (SSSR count). The lowest BCUT2D eigenvalue weighted by Gasteiger charge is -2.20. The zero-order chi connectivity index (χ0) is 14.0. The van der Waals surface area contributed by atoms with Gasteiger partial charge in [0.25, 0.3) is 0 Å². The van der Waals surface area contributed by atoms with Gasteiger partial charge in [-0.3, -0.25) is 5.41 Å². The van der Waals surface area contributed by atoms with Gasteiger partial charge >= 0.3 is 0 Å². The number of nitrogen functional groups attached to an aromatic ring is 1. The molecule has 1 saturated heterocycles. The van der Waals surface area contributed by atoms with E-state index in [0.29, 0.717) is 19.0 Å². The molecular weight excluding hydrogens is 248 g/mol. The monoisotopic (exact) mass is 267 g/mol. The Morgan fingerprint density at radius 2 is 2.05 bits per heavy atom. The molecule has 1 aromatic rings. The van der Waals surface area contributed by atoms with Crippen LogP contribution in [-0.2, 0) is 0 Å². The van der Waals surface area contributed by atoms with Crippen molar-refractivity contribution in [1.82, 2.24) is 0 Å². The van der Waals surface area contributed by atoms with Gasteiger partial charge in [0.15, 0.2) is 0 Å². The maximum Gasteiger partial charge on any atom is 0.150 e. The second-order valence-corrected chi connectivity index (χ2v) is 5.09. The maximum absolute atomic E-state index is 14.0. The molecule has 19 heavy (non-hydrogen) atoms. The van der Waals surface area contributed by atoms with E-state index in [-0.39, 0.29) is 17.1 Å². The van der Waals surface area contributed by atoms with Gasteiger partial charge in [0, 0.05) is 18.7 Å². The Kier molecular flexibility index (Phi) is 4.02. The number of amidine groups is 1. The molecule has 3 nitrogen and oxygen atoms in total. The van der Waals surface area contributed by atoms with Gasteiger partial charge in [-0.2, -0.15) is 0 Å². The summed E-state index contributed by atoms with van der Waals surface area (Å²) in [4.78, 5) is 1.76. The number of nitrogens with two attached hydrogens (primary N) is 1. The Hall–Kier alpha value is -1.65. The topological polar surface area (TPSA) is 53.1 Å². The molecule has 0 radical (unpaired) electrons. The van der Waals surface area contributed by atoms with E-state index in [1.165, 1.54) is 0 Å². The van der Waals surface area contributed by atoms with Crippen molar-refractivity contribution in [1.29, 1.82) is 5.41 Å². The molecule has 0 spiro atoms. The summed E-state index contributed by atoms with van der Waals surface area (Å²) in [5.74, 6) is -1.09. The Balaban J connectivity index is 2.24. The molecule has 0 saturated carbocycles. The predicted octanol–water partition coefficient (Wildman–Crippen LogP) is 2.88. The van der Waals surface area contributed by atoms with Gasteiger partial charge in [-0.1, -0.05) is 13.3 Å². The number of anilines is 1. The minimum Gasteiger partial charge on any atom is -0.384 e. The largest absolute Gasteiger partial charge is 0.384 e. The fraction of sp³-hybridized carbons (Fsp3) is 0.500. The van der Waals surface area contributed by atoms with Crippen molar-refractivity contribution in [2.75, 3.05) is 18.0 Å². The Morgan fingerprint density at radius 1 is 1.42 bits per heavy atom. The van der Waals surface area contributed by atoms with Crippen molar-refractivity contribution >= 4 is 11.5 Å². The molecule has 1 unspecified atom stereocenters. The van der Waals surface area contributed by atoms with Crippen LogP contribution >= 0.6 is 0 Å². The van der Waals surface area contributed by atoms with Gasteiger partial charge in [0.2, 0.25) is 0 Å². The molecule has 1 aliphatic heterocycles. The highest BCUT2D eigenvalue weighted by molar-refractivity contribution is 5.95. The zero-order valence-corrected chi connectivity index (χ0v) is 11.0. The van der Waals surface area contributed by atoms with Gasteiger partial charge in [0.05, 0.1) is 0 Å². The highest BCUT2D eigenvalue weighted by Crippen LogP contribution is 2.31. The fourth-order valence-corrected chi connectivity index (χ4v) is 2.70. The predicted molar refractivity (Wildman–Crippen MR) is 72.6 cm³/mol. The summed E-state index contributed by atoms with van der Waals surface area (Å²) in [6.07, 6.45) is 3.15. The van der Waals surface area contributed by atoms with Crippen LogP contribution < -0.4 is 10.6 Å². The molecule has 1 aromatic carbocycles. The van der Waals surface area contributed by atoms with E-state index in [1.54, 1.807) is 4.90 Å². The summed E-state index contributed by atoms with van der Waals surface area (Å²) in [5.41, 5.74) is 5.36. The molecule has 5 heteroatoms. The van der Waals surface area contributed by atoms with E-state index in [1.807, 2.05) is 0 Å². The average Bonchev–Trinajstić information content (AvgIpc) is 2.77. The number of rotatable bonds is 4. The first-order valence-electron chi connectivity index (χ1n) is 6.61. The van der Waals surface area contributed by atoms with E-state index in [9.17, 15) is 8.78 Å². The molecule has 1 fully saturated rings. The van der Waals surface area contributed by atoms with Crippen LogP contribution in [0, 0.1) is 23.0 Å². The highest BCUT2D eigenvalue weighted by Gasteiger charge is 2.26. The molecule has 0 aromatic heterocycles. The van der Waals surface area contributed by atoms with Crippen molar-refractivity contribution < 1.29 is 8.78 Å². The van der Waals surface area contributed by atoms with Crippen LogP contribution in [0.3, 0.4) is 0 Å². The number of benzene rings is 1. The van der Waals surface area contributed by atoms with Crippen LogP contribution in [0.4, 0.5) is 14.5 Å². The molecule has 1 aliphatic rings. The van der Waals surface area contributed by atoms with E-state index in [0.717, 1.165) is 31.4 Å². The van der Waals surface area contributed by atoms with Crippen LogP contribution in [0.25, 0.3) is 0 Å². The number of nitrogens with zero attached hydrogens (tertiary/aromatic N) is 1. The Labute approximate surface area is 111 Å². The summed E-state index contributed by atoms with van der Waals surface area (Å²) < 4.78 is 28.0. The minimum atomic E-state index is -0.637. The average molecular weight is 267 g/mol. The van der Waals surface area contributed by atoms with Crippen molar-refractivity contribution in [2.24, 2.45) is 11.7 Å². The SMILES string of the molecule is CCCC1CCN(c2c(F)cc(C(=N)N)cc2F)C1. The quantitative estimate of drug-likeness (QED) is 0.651. The highest BCUT2D eigenvalue weighted by atomic mass is 19.1. The van der Waals surface area contributed by atoms with Crippen molar-refractivity contribution in [3.8, 4) is 0 Å². The van der Waals surface area contributed by atoms with Crippen molar-refractivity contribution in [3.05, 3.63) is 29.3 Å². The van der Waals surface area contributed by atoms with Crippen molar-refractivity contribution in [3.63, 3.8) is 0 Å². The molecule has 0 amide bonds. The Morgan fingerprint density at radius 3 is 2.58 bits per heavy atom. The van der Waals surface area contributed by atoms with Crippen LogP contribution in [0.15, 0.2) is 12.1 Å². The summed E-state index contributed by atoms with van der Waals surface area (Å²) in [6.45, 7) is 3.49. The third-order valence-corrected chi connectivity index (χ3v) is 3.63. The molecular formula is C14H19F2N3. The molecule has 0 bridgehead atoms. The van der Waals surface area contributed by atoms with Crippen LogP contribution in [0.1, 0.15) is 31.7 Å². The first-order chi connectivity index (χ1) is 9.02. The van der Waals surface area contributed by atoms with Gasteiger partial charge in [-0.25, -0.2) is 8.78 Å². The molecule has 104 valence electrons. The third kappa shape index (κ3) is 2.85. The number of nitrogens with one attached hydrogen (secondary N) is 1. The number of hydrogen-bond donors (Lipinski definition) is 2. The van der Waals surface area contributed by atoms with E-state index >= 15 is 0 Å². The normalized spacial score (nSPS) is 18.9. The summed E-state index contributed by atoms with van der Waals surface area (Å²) in [6, 6.07) is 2.27. The molecule has 1 heterocycles. The summed E-state index contributed by atoms with van der Waals surface area (Å²) in [5, 5.41) is 7.23. The third-order valence-electron chi connectivity index (χ3n) is 3.63. The second kappa shape index (κ2) is 5.55. The molecule has 1 atom stereocenters. The first kappa shape index (κ1) is 13.8. The molecule has 0 aliphatic carbocycles. The maximum atomic E-state index is 14.0. The number of halogens is 2. The standard InChI is InChI=1S/C14H19F2N3/c1-2-3-9-4-5-19(8-9)13-11(15)6-10(14(17)18)7-12(13)16/h6-7,9H,2-5,8H2,1H3,(H3,17,18). The first-order valence-corrected chi connectivity index (χ1v) is 6.61. The number of hydrogen-bond acceptors (Lipinski definition) is 2. The second-order valence-electron chi connectivity index (χ2n) is 5.09. The van der Waals surface area contributed by atoms with Crippen LogP contribution in [-0.4, -0.2) is 18.9 Å². The minimum absolute atomic E-state index is 0.0172. The lowest BCUT2D eigenvalue weighted by molar-refractivity contribution is 0.526. The van der Waals surface area contributed by atoms with Crippen LogP contribution in [0.5, 0.6) is 0 Å². The Bertz CT molecular complexity index is 465. The van der Waals surface area contributed by atoms with Gasteiger partial charge in [-0.15, -0.1) is 0 Å². The lowest BCUT2D eigenvalue weighted by Crippen LogP contribution is -2.23. The zero-order valence-electron chi connectivity index (χ0n) is 11.0. The van der Waals surface area contributed by atoms with Gasteiger partial charge < -0.3 is 10.6 Å². The smallest absolute Gasteiger partial charge is 0.150 e. The van der Waals surface area contributed by atoms with E-state index in [4.69, 9.17) is 11.1 Å². The van der Waals surface area contributed by atoms with Gasteiger partial charge in [-0.05, 0) is 30.9 Å². The van der Waals surface area contributed by atoms with Crippen molar-refractivity contribution in [2.45, 2.75) is 26.2 Å². The van der Waals surface area contributed by atoms with Crippen LogP contribution in [0.2, 0.25) is 0 Å². The lowest BCUT2D eigenvalue weighted by atomic mass is 10.0. The van der Waals surface area contributed by atoms with E-state index < -0.39 is 11.6 Å². The van der Waals surface area contributed by atoms with E-state index in [2.05, 4.69) is 6.92 Å².